The highest BCUT2D eigenvalue weighted by molar-refractivity contribution is 6.39. The van der Waals surface area contributed by atoms with E-state index in [0.717, 1.165) is 12.0 Å². The van der Waals surface area contributed by atoms with E-state index < -0.39 is 77.8 Å². The number of aliphatic hydroxyl groups is 3. The number of nitrogens with zero attached hydrogens (tertiary/aromatic N) is 1. The van der Waals surface area contributed by atoms with Crippen LogP contribution in [0.15, 0.2) is 47.6 Å². The van der Waals surface area contributed by atoms with Crippen molar-refractivity contribution in [2.75, 3.05) is 34.0 Å². The molecule has 3 fully saturated rings. The van der Waals surface area contributed by atoms with E-state index in [2.05, 4.69) is 0 Å². The number of cyclic esters (lactones) is 1. The lowest BCUT2D eigenvalue weighted by Crippen LogP contribution is -2.61. The Hall–Kier alpha value is -3.41. The summed E-state index contributed by atoms with van der Waals surface area (Å²) in [6.45, 7) is 16.8. The lowest BCUT2D eigenvalue weighted by molar-refractivity contribution is -0.266. The van der Waals surface area contributed by atoms with Gasteiger partial charge in [0.15, 0.2) is 5.78 Å². The van der Waals surface area contributed by atoms with Gasteiger partial charge in [0.05, 0.1) is 43.7 Å². The number of ketones is 3. The number of Topliss-reactive ketones (excluding diaryl/α,β-unsaturated/α-hetero) is 3. The fourth-order valence-electron chi connectivity index (χ4n) is 10.7. The fourth-order valence-corrected chi connectivity index (χ4v) is 10.7. The van der Waals surface area contributed by atoms with Gasteiger partial charge in [0.1, 0.15) is 30.1 Å². The van der Waals surface area contributed by atoms with Crippen molar-refractivity contribution in [1.82, 2.24) is 4.90 Å². The maximum absolute atomic E-state index is 14.5. The van der Waals surface area contributed by atoms with Crippen molar-refractivity contribution in [3.63, 3.8) is 0 Å². The zero-order valence-electron chi connectivity index (χ0n) is 44.0. The van der Waals surface area contributed by atoms with Crippen molar-refractivity contribution < 1.29 is 67.7 Å². The highest BCUT2D eigenvalue weighted by atomic mass is 16.6. The average Bonchev–Trinajstić information content (AvgIpc) is 3.32. The van der Waals surface area contributed by atoms with E-state index >= 15 is 0 Å². The van der Waals surface area contributed by atoms with Crippen molar-refractivity contribution in [3.05, 3.63) is 47.6 Å². The molecular formula is C55H87NO14. The van der Waals surface area contributed by atoms with Crippen LogP contribution in [0, 0.1) is 35.5 Å². The molecule has 15 atom stereocenters. The Balaban J connectivity index is 1.71. The number of hydrogen-bond donors (Lipinski definition) is 3. The number of carbonyl (C=O) groups excluding carboxylic acids is 5. The van der Waals surface area contributed by atoms with Gasteiger partial charge in [-0.15, -0.1) is 0 Å². The second-order valence-corrected chi connectivity index (χ2v) is 21.1. The summed E-state index contributed by atoms with van der Waals surface area (Å²) in [5, 5.41) is 32.9. The van der Waals surface area contributed by atoms with Crippen molar-refractivity contribution in [3.8, 4) is 0 Å². The van der Waals surface area contributed by atoms with Gasteiger partial charge in [-0.3, -0.25) is 19.2 Å². The molecule has 2 saturated heterocycles. The number of esters is 1. The minimum atomic E-state index is -2.44. The Labute approximate surface area is 417 Å². The number of ether oxygens (including phenoxy) is 6. The summed E-state index contributed by atoms with van der Waals surface area (Å²) < 4.78 is 36.2. The highest BCUT2D eigenvalue weighted by Gasteiger charge is 2.53. The van der Waals surface area contributed by atoms with Gasteiger partial charge in [0.25, 0.3) is 11.7 Å². The predicted octanol–water partition coefficient (Wildman–Crippen LogP) is 6.98. The molecule has 0 aromatic carbocycles. The zero-order valence-corrected chi connectivity index (χ0v) is 44.0. The second kappa shape index (κ2) is 28.2. The Morgan fingerprint density at radius 1 is 0.857 bits per heavy atom. The van der Waals surface area contributed by atoms with Gasteiger partial charge in [-0.25, -0.2) is 4.79 Å². The van der Waals surface area contributed by atoms with Gasteiger partial charge < -0.3 is 48.6 Å². The van der Waals surface area contributed by atoms with E-state index in [0.29, 0.717) is 63.4 Å². The third kappa shape index (κ3) is 16.3. The third-order valence-corrected chi connectivity index (χ3v) is 15.0. The van der Waals surface area contributed by atoms with Crippen LogP contribution >= 0.6 is 0 Å². The number of carbonyl (C=O) groups is 5. The van der Waals surface area contributed by atoms with Gasteiger partial charge in [-0.1, -0.05) is 71.1 Å². The third-order valence-electron chi connectivity index (χ3n) is 15.0. The van der Waals surface area contributed by atoms with Gasteiger partial charge in [-0.05, 0) is 121 Å². The molecule has 396 valence electrons. The van der Waals surface area contributed by atoms with Crippen LogP contribution in [-0.2, 0) is 52.4 Å². The molecule has 3 heterocycles. The average molecular weight is 986 g/mol. The van der Waals surface area contributed by atoms with E-state index in [1.54, 1.807) is 34.0 Å². The monoisotopic (exact) mass is 986 g/mol. The summed E-state index contributed by atoms with van der Waals surface area (Å²) in [6.07, 6.45) is 11.9. The quantitative estimate of drug-likeness (QED) is 0.115. The number of fused-ring (bicyclic) bond motifs is 3. The normalized spacial score (nSPS) is 38.5. The molecule has 1 aliphatic carbocycles. The van der Waals surface area contributed by atoms with Crippen LogP contribution in [0.2, 0.25) is 0 Å². The second-order valence-electron chi connectivity index (χ2n) is 21.1. The van der Waals surface area contributed by atoms with Crippen molar-refractivity contribution in [2.45, 2.75) is 200 Å². The summed E-state index contributed by atoms with van der Waals surface area (Å²) in [6, 6.07) is -1.15. The molecule has 3 aliphatic heterocycles. The Kier molecular flexibility index (Phi) is 23.8. The number of rotatable bonds is 10. The molecule has 70 heavy (non-hydrogen) atoms. The molecule has 2 unspecified atom stereocenters. The van der Waals surface area contributed by atoms with Crippen molar-refractivity contribution >= 4 is 29.2 Å². The topological polar surface area (TPSA) is 205 Å². The maximum atomic E-state index is 14.5. The van der Waals surface area contributed by atoms with E-state index in [4.69, 9.17) is 28.4 Å². The predicted molar refractivity (Wildman–Crippen MR) is 265 cm³/mol. The lowest BCUT2D eigenvalue weighted by atomic mass is 9.78. The van der Waals surface area contributed by atoms with Gasteiger partial charge in [-0.2, -0.15) is 0 Å². The SMILES string of the molecule is CO[C@@H]1CC(C[C@@H](C)C2CC(=O)[C@H](C)/C=C(\C)[C@@H](O)[C@@H](OC)C(=O)[C@H](C)C[C@H](C)/C=C/C=C/C=C(\C)[C@@H](OC(C)C)C[C@@H]3CC[C@@H](C)[C@@](O)(O3)C(=O)C(=O)N3CCCC[C@H]3C(=O)O2)CC[C@H]1OCCO. The molecule has 1 amide bonds. The molecule has 4 aliphatic rings. The maximum Gasteiger partial charge on any atom is 0.329 e. The number of methoxy groups -OCH3 is 2. The minimum Gasteiger partial charge on any atom is -0.460 e. The van der Waals surface area contributed by atoms with Crippen LogP contribution in [0.5, 0.6) is 0 Å². The number of hydrogen-bond acceptors (Lipinski definition) is 14. The largest absolute Gasteiger partial charge is 0.460 e. The first-order valence-electron chi connectivity index (χ1n) is 26.0. The molecule has 2 bridgehead atoms. The number of piperidine rings is 1. The van der Waals surface area contributed by atoms with Crippen LogP contribution in [0.25, 0.3) is 0 Å². The summed E-state index contributed by atoms with van der Waals surface area (Å²) in [4.78, 5) is 72.5. The van der Waals surface area contributed by atoms with Gasteiger partial charge in [0, 0.05) is 51.4 Å². The number of aliphatic hydroxyl groups excluding tert-OH is 2. The molecule has 3 N–H and O–H groups in total. The summed E-state index contributed by atoms with van der Waals surface area (Å²) in [5.41, 5.74) is 1.28. The van der Waals surface area contributed by atoms with Crippen LogP contribution in [0.1, 0.15) is 139 Å². The van der Waals surface area contributed by atoms with Gasteiger partial charge in [0.2, 0.25) is 5.79 Å². The Bertz CT molecular complexity index is 1860. The first kappa shape index (κ1) is 59.2. The smallest absolute Gasteiger partial charge is 0.329 e. The van der Waals surface area contributed by atoms with Crippen LogP contribution in [0.3, 0.4) is 0 Å². The van der Waals surface area contributed by atoms with Gasteiger partial charge >= 0.3 is 5.97 Å². The molecule has 0 aromatic rings. The van der Waals surface area contributed by atoms with E-state index in [1.807, 2.05) is 71.9 Å². The highest BCUT2D eigenvalue weighted by Crippen LogP contribution is 2.38. The molecule has 4 rings (SSSR count). The Morgan fingerprint density at radius 2 is 1.59 bits per heavy atom. The van der Waals surface area contributed by atoms with E-state index in [9.17, 15) is 39.3 Å². The van der Waals surface area contributed by atoms with Crippen LogP contribution < -0.4 is 0 Å². The van der Waals surface area contributed by atoms with Crippen molar-refractivity contribution in [1.29, 1.82) is 0 Å². The first-order chi connectivity index (χ1) is 33.1. The standard InChI is InChI=1S/C55H87NO14/c1-33(2)68-46-31-42-22-20-40(9)55(64,70-42)52(61)53(62)56-24-16-15-19-43(56)54(63)69-47(37(6)29-41-21-23-45(67-26-25-57)48(30-41)65-10)32-44(58)36(5)28-39(8)50(60)51(66-11)49(59)38(7)27-34(3)17-13-12-14-18-35(46)4/h12-14,17-18,28,33-34,36-38,40-43,45-48,50-51,57,60,64H,15-16,19-27,29-32H2,1-11H3/b14-12+,17-13+,35-18+,39-28+/t34-,36-,37-,38-,40-,41?,42+,43+,45-,46+,47?,48-,50-,51+,55-/m1/s1. The summed E-state index contributed by atoms with van der Waals surface area (Å²) >= 11 is 0. The molecule has 0 radical (unpaired) electrons. The number of allylic oxidation sites excluding steroid dienone is 6. The molecule has 0 aromatic heterocycles. The van der Waals surface area contributed by atoms with Crippen LogP contribution in [-0.4, -0.2) is 144 Å². The zero-order chi connectivity index (χ0) is 51.9. The van der Waals surface area contributed by atoms with Crippen LogP contribution in [0.4, 0.5) is 0 Å². The van der Waals surface area contributed by atoms with E-state index in [1.165, 1.54) is 12.0 Å². The fraction of sp³-hybridized carbons (Fsp3) is 0.764. The summed E-state index contributed by atoms with van der Waals surface area (Å²) in [7, 11) is 3.01. The first-order valence-corrected chi connectivity index (χ1v) is 26.0. The molecule has 15 heteroatoms. The molecular weight excluding hydrogens is 899 g/mol. The lowest BCUT2D eigenvalue weighted by Gasteiger charge is -2.43. The Morgan fingerprint density at radius 3 is 2.26 bits per heavy atom. The van der Waals surface area contributed by atoms with Crippen molar-refractivity contribution in [2.24, 2.45) is 35.5 Å². The summed E-state index contributed by atoms with van der Waals surface area (Å²) in [5.74, 6) is -7.99. The molecule has 15 nitrogen and oxygen atoms in total. The molecule has 0 spiro atoms. The number of amides is 1. The molecule has 1 saturated carbocycles. The minimum absolute atomic E-state index is 0.0114. The van der Waals surface area contributed by atoms with E-state index in [-0.39, 0.29) is 80.2 Å².